The van der Waals surface area contributed by atoms with Crippen LogP contribution in [0.3, 0.4) is 0 Å². The van der Waals surface area contributed by atoms with E-state index < -0.39 is 0 Å². The van der Waals surface area contributed by atoms with Crippen molar-refractivity contribution in [2.45, 2.75) is 38.6 Å². The van der Waals surface area contributed by atoms with Gasteiger partial charge in [-0.05, 0) is 43.9 Å². The SMILES string of the molecule is CN=C(NCCC(C)c1ccc(OC)cc1)NCC(C)(C)N1CCOCC1.I. The number of ether oxygens (including phenoxy) is 2. The Kier molecular flexibility index (Phi) is 11.1. The molecule has 6 nitrogen and oxygen atoms in total. The van der Waals surface area contributed by atoms with Gasteiger partial charge in [-0.15, -0.1) is 24.0 Å². The minimum atomic E-state index is 0. The molecule has 1 atom stereocenters. The smallest absolute Gasteiger partial charge is 0.191 e. The highest BCUT2D eigenvalue weighted by atomic mass is 127. The Morgan fingerprint density at radius 2 is 1.86 bits per heavy atom. The van der Waals surface area contributed by atoms with Crippen molar-refractivity contribution >= 4 is 29.9 Å². The highest BCUT2D eigenvalue weighted by Crippen LogP contribution is 2.21. The van der Waals surface area contributed by atoms with E-state index >= 15 is 0 Å². The van der Waals surface area contributed by atoms with Crippen LogP contribution in [0.5, 0.6) is 5.75 Å². The number of rotatable bonds is 8. The molecule has 0 amide bonds. The van der Waals surface area contributed by atoms with Crippen LogP contribution in [0.2, 0.25) is 0 Å². The van der Waals surface area contributed by atoms with Crippen molar-refractivity contribution in [3.05, 3.63) is 29.8 Å². The summed E-state index contributed by atoms with van der Waals surface area (Å²) in [6.45, 7) is 12.1. The van der Waals surface area contributed by atoms with E-state index in [0.717, 1.165) is 57.5 Å². The van der Waals surface area contributed by atoms with Crippen molar-refractivity contribution in [2.75, 3.05) is 53.6 Å². The summed E-state index contributed by atoms with van der Waals surface area (Å²) in [6, 6.07) is 8.32. The average molecular weight is 504 g/mol. The zero-order valence-corrected chi connectivity index (χ0v) is 20.3. The lowest BCUT2D eigenvalue weighted by Crippen LogP contribution is -2.56. The van der Waals surface area contributed by atoms with E-state index in [4.69, 9.17) is 9.47 Å². The maximum Gasteiger partial charge on any atom is 0.191 e. The molecule has 28 heavy (non-hydrogen) atoms. The number of benzene rings is 1. The first kappa shape index (κ1) is 25.0. The summed E-state index contributed by atoms with van der Waals surface area (Å²) < 4.78 is 10.7. The zero-order valence-electron chi connectivity index (χ0n) is 18.0. The monoisotopic (exact) mass is 504 g/mol. The zero-order chi connectivity index (χ0) is 19.7. The van der Waals surface area contributed by atoms with E-state index in [2.05, 4.69) is 53.4 Å². The van der Waals surface area contributed by atoms with Crippen molar-refractivity contribution in [2.24, 2.45) is 4.99 Å². The van der Waals surface area contributed by atoms with E-state index in [9.17, 15) is 0 Å². The predicted molar refractivity (Wildman–Crippen MR) is 127 cm³/mol. The highest BCUT2D eigenvalue weighted by Gasteiger charge is 2.28. The second-order valence-corrected chi connectivity index (χ2v) is 7.73. The second-order valence-electron chi connectivity index (χ2n) is 7.73. The molecule has 0 aliphatic carbocycles. The van der Waals surface area contributed by atoms with Gasteiger partial charge in [-0.3, -0.25) is 9.89 Å². The first-order chi connectivity index (χ1) is 13.0. The molecule has 0 saturated carbocycles. The van der Waals surface area contributed by atoms with Crippen molar-refractivity contribution in [1.29, 1.82) is 0 Å². The summed E-state index contributed by atoms with van der Waals surface area (Å²) in [5, 5.41) is 6.91. The maximum atomic E-state index is 5.46. The molecule has 1 aliphatic heterocycles. The number of guanidine groups is 1. The van der Waals surface area contributed by atoms with Crippen molar-refractivity contribution < 1.29 is 9.47 Å². The molecule has 2 rings (SSSR count). The Labute approximate surface area is 187 Å². The van der Waals surface area contributed by atoms with Crippen LogP contribution < -0.4 is 15.4 Å². The molecule has 0 radical (unpaired) electrons. The van der Waals surface area contributed by atoms with Gasteiger partial charge in [0.25, 0.3) is 0 Å². The van der Waals surface area contributed by atoms with Gasteiger partial charge in [0.05, 0.1) is 20.3 Å². The van der Waals surface area contributed by atoms with Gasteiger partial charge in [0, 0.05) is 38.8 Å². The molecule has 160 valence electrons. The molecule has 1 aromatic carbocycles. The number of hydrogen-bond acceptors (Lipinski definition) is 4. The van der Waals surface area contributed by atoms with E-state index in [1.165, 1.54) is 5.56 Å². The first-order valence-electron chi connectivity index (χ1n) is 9.87. The molecule has 1 heterocycles. The third-order valence-corrected chi connectivity index (χ3v) is 5.33. The van der Waals surface area contributed by atoms with E-state index in [-0.39, 0.29) is 29.5 Å². The standard InChI is InChI=1S/C21H36N4O2.HI/c1-17(18-6-8-19(26-5)9-7-18)10-11-23-20(22-4)24-16-21(2,3)25-12-14-27-15-13-25;/h6-9,17H,10-16H2,1-5H3,(H2,22,23,24);1H. The van der Waals surface area contributed by atoms with Gasteiger partial charge in [0.1, 0.15) is 5.75 Å². The minimum Gasteiger partial charge on any atom is -0.497 e. The minimum absolute atomic E-state index is 0. The Bertz CT molecular complexity index is 587. The molecule has 1 unspecified atom stereocenters. The van der Waals surface area contributed by atoms with Crippen LogP contribution >= 0.6 is 24.0 Å². The summed E-state index contributed by atoms with van der Waals surface area (Å²) in [6.07, 6.45) is 1.04. The largest absolute Gasteiger partial charge is 0.497 e. The highest BCUT2D eigenvalue weighted by molar-refractivity contribution is 14.0. The number of morpholine rings is 1. The molecule has 2 N–H and O–H groups in total. The lowest BCUT2D eigenvalue weighted by molar-refractivity contribution is -0.00833. The van der Waals surface area contributed by atoms with Gasteiger partial charge in [0.15, 0.2) is 5.96 Å². The fourth-order valence-electron chi connectivity index (χ4n) is 3.31. The van der Waals surface area contributed by atoms with Crippen LogP contribution in [-0.2, 0) is 4.74 Å². The van der Waals surface area contributed by atoms with Gasteiger partial charge >= 0.3 is 0 Å². The van der Waals surface area contributed by atoms with Crippen molar-refractivity contribution in [1.82, 2.24) is 15.5 Å². The topological polar surface area (TPSA) is 58.1 Å². The van der Waals surface area contributed by atoms with Crippen LogP contribution in [0.15, 0.2) is 29.3 Å². The normalized spacial score (nSPS) is 16.8. The Morgan fingerprint density at radius 1 is 1.21 bits per heavy atom. The van der Waals surface area contributed by atoms with Crippen LogP contribution in [-0.4, -0.2) is 69.9 Å². The third-order valence-electron chi connectivity index (χ3n) is 5.33. The first-order valence-corrected chi connectivity index (χ1v) is 9.87. The molecule has 1 aromatic rings. The molecule has 0 aromatic heterocycles. The Hall–Kier alpha value is -1.06. The van der Waals surface area contributed by atoms with E-state index in [1.807, 2.05) is 19.2 Å². The molecule has 1 saturated heterocycles. The molecular formula is C21H37IN4O2. The predicted octanol–water partition coefficient (Wildman–Crippen LogP) is 3.08. The lowest BCUT2D eigenvalue weighted by Gasteiger charge is -2.41. The fourth-order valence-corrected chi connectivity index (χ4v) is 3.31. The Morgan fingerprint density at radius 3 is 2.43 bits per heavy atom. The van der Waals surface area contributed by atoms with E-state index in [1.54, 1.807) is 7.11 Å². The van der Waals surface area contributed by atoms with Crippen LogP contribution in [0, 0.1) is 0 Å². The summed E-state index contributed by atoms with van der Waals surface area (Å²) in [5.74, 6) is 2.24. The molecular weight excluding hydrogens is 467 g/mol. The second kappa shape index (κ2) is 12.5. The van der Waals surface area contributed by atoms with Gasteiger partial charge in [-0.25, -0.2) is 0 Å². The summed E-state index contributed by atoms with van der Waals surface area (Å²) >= 11 is 0. The van der Waals surface area contributed by atoms with Crippen molar-refractivity contribution in [3.63, 3.8) is 0 Å². The Balaban J connectivity index is 0.00000392. The van der Waals surface area contributed by atoms with Crippen LogP contribution in [0.4, 0.5) is 0 Å². The van der Waals surface area contributed by atoms with Gasteiger partial charge < -0.3 is 20.1 Å². The number of halogens is 1. The average Bonchev–Trinajstić information content (AvgIpc) is 2.71. The van der Waals surface area contributed by atoms with Gasteiger partial charge in [-0.1, -0.05) is 19.1 Å². The molecule has 7 heteroatoms. The lowest BCUT2D eigenvalue weighted by atomic mass is 9.98. The summed E-state index contributed by atoms with van der Waals surface area (Å²) in [7, 11) is 3.52. The molecule has 0 spiro atoms. The van der Waals surface area contributed by atoms with Gasteiger partial charge in [-0.2, -0.15) is 0 Å². The number of hydrogen-bond donors (Lipinski definition) is 2. The van der Waals surface area contributed by atoms with Crippen LogP contribution in [0.1, 0.15) is 38.7 Å². The van der Waals surface area contributed by atoms with E-state index in [0.29, 0.717) is 5.92 Å². The number of aliphatic imine (C=N–C) groups is 1. The molecule has 1 fully saturated rings. The summed E-state index contributed by atoms with van der Waals surface area (Å²) in [5.41, 5.74) is 1.40. The number of nitrogens with zero attached hydrogens (tertiary/aromatic N) is 2. The fraction of sp³-hybridized carbons (Fsp3) is 0.667. The summed E-state index contributed by atoms with van der Waals surface area (Å²) in [4.78, 5) is 6.84. The maximum absolute atomic E-state index is 5.46. The third kappa shape index (κ3) is 7.75. The quantitative estimate of drug-likeness (QED) is 0.324. The van der Waals surface area contributed by atoms with Crippen molar-refractivity contribution in [3.8, 4) is 5.75 Å². The number of methoxy groups -OCH3 is 1. The van der Waals surface area contributed by atoms with Crippen LogP contribution in [0.25, 0.3) is 0 Å². The van der Waals surface area contributed by atoms with Gasteiger partial charge in [0.2, 0.25) is 0 Å². The number of nitrogens with one attached hydrogen (secondary N) is 2. The molecule has 0 bridgehead atoms. The molecule has 1 aliphatic rings.